The van der Waals surface area contributed by atoms with Gasteiger partial charge in [0.15, 0.2) is 6.10 Å². The fourth-order valence-corrected chi connectivity index (χ4v) is 2.29. The molecule has 0 aliphatic rings. The molecule has 0 radical (unpaired) electrons. The van der Waals surface area contributed by atoms with Crippen LogP contribution in [0, 0.1) is 0 Å². The third-order valence-electron chi connectivity index (χ3n) is 3.25. The number of amides is 1. The van der Waals surface area contributed by atoms with Gasteiger partial charge in [0.05, 0.1) is 27.9 Å². The van der Waals surface area contributed by atoms with Gasteiger partial charge in [-0.3, -0.25) is 4.79 Å². The topological polar surface area (TPSA) is 64.6 Å². The Bertz CT molecular complexity index is 779. The maximum Gasteiger partial charge on any atom is 0.338 e. The van der Waals surface area contributed by atoms with Gasteiger partial charge in [0.1, 0.15) is 5.75 Å². The first-order valence-electron chi connectivity index (χ1n) is 7.61. The summed E-state index contributed by atoms with van der Waals surface area (Å²) in [6.45, 7) is 3.79. The number of ether oxygens (including phenoxy) is 2. The summed E-state index contributed by atoms with van der Waals surface area (Å²) in [7, 11) is 0. The highest BCUT2D eigenvalue weighted by molar-refractivity contribution is 6.42. The van der Waals surface area contributed by atoms with Crippen LogP contribution in [-0.4, -0.2) is 24.6 Å². The Morgan fingerprint density at radius 3 is 2.52 bits per heavy atom. The summed E-state index contributed by atoms with van der Waals surface area (Å²) < 4.78 is 10.6. The van der Waals surface area contributed by atoms with Crippen molar-refractivity contribution in [2.45, 2.75) is 20.0 Å². The molecule has 25 heavy (non-hydrogen) atoms. The molecule has 0 heterocycles. The number of hydrogen-bond acceptors (Lipinski definition) is 4. The van der Waals surface area contributed by atoms with Crippen molar-refractivity contribution in [3.63, 3.8) is 0 Å². The van der Waals surface area contributed by atoms with Crippen molar-refractivity contribution >= 4 is 40.8 Å². The van der Waals surface area contributed by atoms with Crippen LogP contribution in [0.15, 0.2) is 42.5 Å². The van der Waals surface area contributed by atoms with Crippen molar-refractivity contribution in [2.75, 3.05) is 11.9 Å². The van der Waals surface area contributed by atoms with Gasteiger partial charge in [-0.25, -0.2) is 4.79 Å². The van der Waals surface area contributed by atoms with E-state index < -0.39 is 18.0 Å². The van der Waals surface area contributed by atoms with Gasteiger partial charge in [0.25, 0.3) is 5.91 Å². The summed E-state index contributed by atoms with van der Waals surface area (Å²) in [4.78, 5) is 24.4. The van der Waals surface area contributed by atoms with Crippen LogP contribution >= 0.6 is 23.2 Å². The molecule has 1 amide bonds. The fraction of sp³-hybridized carbons (Fsp3) is 0.222. The fourth-order valence-electron chi connectivity index (χ4n) is 1.99. The van der Waals surface area contributed by atoms with Gasteiger partial charge in [-0.05, 0) is 44.2 Å². The molecule has 2 rings (SSSR count). The van der Waals surface area contributed by atoms with E-state index in [0.717, 1.165) is 0 Å². The van der Waals surface area contributed by atoms with Crippen LogP contribution < -0.4 is 10.1 Å². The summed E-state index contributed by atoms with van der Waals surface area (Å²) in [6, 6.07) is 11.4. The average molecular weight is 382 g/mol. The third kappa shape index (κ3) is 5.11. The highest BCUT2D eigenvalue weighted by atomic mass is 35.5. The van der Waals surface area contributed by atoms with E-state index in [0.29, 0.717) is 23.1 Å². The van der Waals surface area contributed by atoms with Gasteiger partial charge < -0.3 is 14.8 Å². The minimum Gasteiger partial charge on any atom is -0.492 e. The first-order chi connectivity index (χ1) is 11.9. The highest BCUT2D eigenvalue weighted by Crippen LogP contribution is 2.25. The van der Waals surface area contributed by atoms with E-state index in [1.54, 1.807) is 24.3 Å². The van der Waals surface area contributed by atoms with Crippen LogP contribution in [0.2, 0.25) is 10.0 Å². The van der Waals surface area contributed by atoms with E-state index in [9.17, 15) is 9.59 Å². The second kappa shape index (κ2) is 8.74. The molecule has 0 saturated heterocycles. The smallest absolute Gasteiger partial charge is 0.338 e. The molecule has 1 N–H and O–H groups in total. The second-order valence-corrected chi connectivity index (χ2v) is 5.91. The lowest BCUT2D eigenvalue weighted by molar-refractivity contribution is -0.123. The summed E-state index contributed by atoms with van der Waals surface area (Å²) in [5.41, 5.74) is 0.718. The van der Waals surface area contributed by atoms with Crippen LogP contribution in [0.3, 0.4) is 0 Å². The molecule has 2 aromatic rings. The van der Waals surface area contributed by atoms with Crippen LogP contribution in [0.5, 0.6) is 5.75 Å². The molecule has 0 aliphatic carbocycles. The van der Waals surface area contributed by atoms with E-state index in [2.05, 4.69) is 5.32 Å². The maximum absolute atomic E-state index is 12.3. The van der Waals surface area contributed by atoms with Crippen LogP contribution in [0.25, 0.3) is 0 Å². The van der Waals surface area contributed by atoms with E-state index in [4.69, 9.17) is 32.7 Å². The summed E-state index contributed by atoms with van der Waals surface area (Å²) in [5, 5.41) is 3.25. The van der Waals surface area contributed by atoms with Crippen molar-refractivity contribution in [2.24, 2.45) is 0 Å². The van der Waals surface area contributed by atoms with Gasteiger partial charge in [-0.1, -0.05) is 35.3 Å². The van der Waals surface area contributed by atoms with E-state index in [1.165, 1.54) is 25.1 Å². The number of benzene rings is 2. The van der Waals surface area contributed by atoms with E-state index in [1.807, 2.05) is 6.92 Å². The number of hydrogen-bond donors (Lipinski definition) is 1. The molecule has 1 atom stereocenters. The van der Waals surface area contributed by atoms with Gasteiger partial charge in [0, 0.05) is 0 Å². The molecule has 0 aliphatic heterocycles. The first-order valence-corrected chi connectivity index (χ1v) is 8.36. The van der Waals surface area contributed by atoms with Gasteiger partial charge in [-0.15, -0.1) is 0 Å². The molecular weight excluding hydrogens is 365 g/mol. The lowest BCUT2D eigenvalue weighted by Crippen LogP contribution is -2.30. The quantitative estimate of drug-likeness (QED) is 0.743. The second-order valence-electron chi connectivity index (χ2n) is 5.09. The zero-order chi connectivity index (χ0) is 18.4. The van der Waals surface area contributed by atoms with Crippen molar-refractivity contribution < 1.29 is 19.1 Å². The first kappa shape index (κ1) is 19.1. The summed E-state index contributed by atoms with van der Waals surface area (Å²) >= 11 is 11.7. The minimum atomic E-state index is -1.00. The largest absolute Gasteiger partial charge is 0.492 e. The molecular formula is C18H17Cl2NO4. The Kier molecular flexibility index (Phi) is 6.67. The average Bonchev–Trinajstić information content (AvgIpc) is 2.59. The van der Waals surface area contributed by atoms with E-state index >= 15 is 0 Å². The number of para-hydroxylation sites is 2. The Morgan fingerprint density at radius 2 is 1.84 bits per heavy atom. The number of carbonyl (C=O) groups is 2. The minimum absolute atomic E-state index is 0.212. The number of halogens is 2. The van der Waals surface area contributed by atoms with Crippen molar-refractivity contribution in [3.8, 4) is 5.75 Å². The van der Waals surface area contributed by atoms with Crippen molar-refractivity contribution in [1.29, 1.82) is 0 Å². The molecule has 132 valence electrons. The molecule has 0 bridgehead atoms. The molecule has 7 heteroatoms. The van der Waals surface area contributed by atoms with Crippen molar-refractivity contribution in [1.82, 2.24) is 0 Å². The van der Waals surface area contributed by atoms with Crippen LogP contribution in [0.4, 0.5) is 5.69 Å². The van der Waals surface area contributed by atoms with Gasteiger partial charge in [0.2, 0.25) is 0 Å². The number of nitrogens with one attached hydrogen (secondary N) is 1. The van der Waals surface area contributed by atoms with Gasteiger partial charge >= 0.3 is 5.97 Å². The third-order valence-corrected chi connectivity index (χ3v) is 3.99. The summed E-state index contributed by atoms with van der Waals surface area (Å²) in [6.07, 6.45) is -1.00. The Morgan fingerprint density at radius 1 is 1.12 bits per heavy atom. The number of anilines is 1. The normalized spacial score (nSPS) is 11.5. The highest BCUT2D eigenvalue weighted by Gasteiger charge is 2.20. The molecule has 0 aromatic heterocycles. The van der Waals surface area contributed by atoms with Crippen LogP contribution in [-0.2, 0) is 9.53 Å². The monoisotopic (exact) mass is 381 g/mol. The molecule has 0 fully saturated rings. The number of rotatable bonds is 6. The predicted molar refractivity (Wildman–Crippen MR) is 97.6 cm³/mol. The Labute approximate surface area is 155 Å². The van der Waals surface area contributed by atoms with E-state index in [-0.39, 0.29) is 10.6 Å². The van der Waals surface area contributed by atoms with Gasteiger partial charge in [-0.2, -0.15) is 0 Å². The zero-order valence-corrected chi connectivity index (χ0v) is 15.2. The molecule has 0 unspecified atom stereocenters. The predicted octanol–water partition coefficient (Wildman–Crippen LogP) is 4.58. The molecule has 0 saturated carbocycles. The number of esters is 1. The summed E-state index contributed by atoms with van der Waals surface area (Å²) in [5.74, 6) is -0.596. The SMILES string of the molecule is CCOc1ccccc1NC(=O)[C@H](C)OC(=O)c1ccc(Cl)c(Cl)c1. The van der Waals surface area contributed by atoms with Crippen LogP contribution in [0.1, 0.15) is 24.2 Å². The molecule has 2 aromatic carbocycles. The lowest BCUT2D eigenvalue weighted by Gasteiger charge is -2.15. The molecule has 5 nitrogen and oxygen atoms in total. The standard InChI is InChI=1S/C18H17Cl2NO4/c1-3-24-16-7-5-4-6-15(16)21-17(22)11(2)25-18(23)12-8-9-13(19)14(20)10-12/h4-11H,3H2,1-2H3,(H,21,22)/t11-/m0/s1. The number of carbonyl (C=O) groups excluding carboxylic acids is 2. The molecule has 0 spiro atoms. The lowest BCUT2D eigenvalue weighted by atomic mass is 10.2. The zero-order valence-electron chi connectivity index (χ0n) is 13.7. The Balaban J connectivity index is 2.02. The Hall–Kier alpha value is -2.24. The van der Waals surface area contributed by atoms with Crippen molar-refractivity contribution in [3.05, 3.63) is 58.1 Å². The maximum atomic E-state index is 12.3.